The van der Waals surface area contributed by atoms with Gasteiger partial charge in [0.05, 0.1) is 29.2 Å². The second-order valence-electron chi connectivity index (χ2n) is 6.92. The van der Waals surface area contributed by atoms with Crippen LogP contribution in [0.2, 0.25) is 0 Å². The zero-order valence-corrected chi connectivity index (χ0v) is 16.5. The largest absolute Gasteiger partial charge is 0.262 e. The lowest BCUT2D eigenvalue weighted by Gasteiger charge is -2.41. The molecule has 1 unspecified atom stereocenters. The number of aromatic amines is 1. The Hall–Kier alpha value is -2.91. The Morgan fingerprint density at radius 1 is 1.34 bits per heavy atom. The highest BCUT2D eigenvalue weighted by atomic mass is 32.2. The summed E-state index contributed by atoms with van der Waals surface area (Å²) in [5.41, 5.74) is 0.543. The fraction of sp³-hybridized carbons (Fsp3) is 0.471. The number of nitriles is 1. The highest BCUT2D eigenvalue weighted by Gasteiger charge is 2.46. The van der Waals surface area contributed by atoms with E-state index in [1.807, 2.05) is 0 Å². The minimum absolute atomic E-state index is 0.0162. The van der Waals surface area contributed by atoms with Crippen molar-refractivity contribution >= 4 is 21.1 Å². The molecule has 0 aliphatic carbocycles. The molecule has 0 radical (unpaired) electrons. The van der Waals surface area contributed by atoms with Crippen LogP contribution in [-0.2, 0) is 15.6 Å². The van der Waals surface area contributed by atoms with Crippen molar-refractivity contribution in [2.24, 2.45) is 0 Å². The van der Waals surface area contributed by atoms with Crippen LogP contribution >= 0.6 is 0 Å². The van der Waals surface area contributed by atoms with Crippen molar-refractivity contribution < 1.29 is 12.8 Å². The van der Waals surface area contributed by atoms with Crippen molar-refractivity contribution in [3.63, 3.8) is 0 Å². The summed E-state index contributed by atoms with van der Waals surface area (Å²) in [5, 5.41) is 21.0. The molecule has 0 amide bonds. The predicted octanol–water partition coefficient (Wildman–Crippen LogP) is 1.22. The van der Waals surface area contributed by atoms with Crippen LogP contribution < -0.4 is 0 Å². The van der Waals surface area contributed by atoms with Gasteiger partial charge in [-0.15, -0.1) is 0 Å². The molecule has 1 aliphatic heterocycles. The Balaban J connectivity index is 1.70. The fourth-order valence-corrected chi connectivity index (χ4v) is 4.84. The van der Waals surface area contributed by atoms with E-state index >= 15 is 0 Å². The van der Waals surface area contributed by atoms with Crippen LogP contribution in [0.5, 0.6) is 0 Å². The molecule has 1 fully saturated rings. The lowest BCUT2D eigenvalue weighted by Crippen LogP contribution is -2.53. The van der Waals surface area contributed by atoms with Gasteiger partial charge in [-0.2, -0.15) is 15.5 Å². The van der Waals surface area contributed by atoms with Crippen LogP contribution in [-0.4, -0.2) is 67.7 Å². The first-order valence-electron chi connectivity index (χ1n) is 9.12. The number of aromatic nitrogens is 6. The Bertz CT molecular complexity index is 1170. The number of nitrogens with one attached hydrogen (secondary N) is 1. The van der Waals surface area contributed by atoms with E-state index in [0.29, 0.717) is 22.3 Å². The monoisotopic (exact) mass is 418 g/mol. The fourth-order valence-electron chi connectivity index (χ4n) is 3.74. The summed E-state index contributed by atoms with van der Waals surface area (Å²) in [6.45, 7) is 1.84. The Labute approximate surface area is 166 Å². The average molecular weight is 418 g/mol. The number of hydrogen-bond donors (Lipinski definition) is 1. The standard InChI is InChI=1S/C17H19FN8O2S/c1-2-29(27,28)25-5-3-17(4-6-25,14(18)7-19)26-10-12(8-23-26)15-13-9-22-24-16(13)21-11-20-15/h8-11,14H,2-6H2,1H3,(H,20,21,22,24). The maximum absolute atomic E-state index is 14.8. The van der Waals surface area contributed by atoms with Gasteiger partial charge in [0.1, 0.15) is 17.9 Å². The van der Waals surface area contributed by atoms with Gasteiger partial charge in [-0.25, -0.2) is 27.1 Å². The van der Waals surface area contributed by atoms with Crippen molar-refractivity contribution in [1.29, 1.82) is 5.26 Å². The normalized spacial score (nSPS) is 18.5. The van der Waals surface area contributed by atoms with Crippen molar-refractivity contribution in [2.45, 2.75) is 31.5 Å². The van der Waals surface area contributed by atoms with Crippen LogP contribution in [0.15, 0.2) is 24.9 Å². The van der Waals surface area contributed by atoms with Gasteiger partial charge in [0.25, 0.3) is 0 Å². The van der Waals surface area contributed by atoms with Gasteiger partial charge >= 0.3 is 0 Å². The van der Waals surface area contributed by atoms with E-state index in [1.165, 1.54) is 15.3 Å². The molecule has 0 saturated carbocycles. The molecule has 1 aliphatic rings. The quantitative estimate of drug-likeness (QED) is 0.658. The molecule has 0 bridgehead atoms. The smallest absolute Gasteiger partial charge is 0.213 e. The summed E-state index contributed by atoms with van der Waals surface area (Å²) >= 11 is 0. The number of alkyl halides is 1. The van der Waals surface area contributed by atoms with Gasteiger partial charge in [-0.1, -0.05) is 0 Å². The van der Waals surface area contributed by atoms with E-state index < -0.39 is 21.7 Å². The molecule has 0 aromatic carbocycles. The van der Waals surface area contributed by atoms with Gasteiger partial charge in [-0.05, 0) is 19.8 Å². The predicted molar refractivity (Wildman–Crippen MR) is 102 cm³/mol. The van der Waals surface area contributed by atoms with Crippen LogP contribution in [0.4, 0.5) is 4.39 Å². The van der Waals surface area contributed by atoms with Gasteiger partial charge in [0.2, 0.25) is 16.2 Å². The maximum Gasteiger partial charge on any atom is 0.213 e. The zero-order valence-electron chi connectivity index (χ0n) is 15.7. The van der Waals surface area contributed by atoms with E-state index in [2.05, 4.69) is 25.3 Å². The molecule has 0 spiro atoms. The number of piperidine rings is 1. The summed E-state index contributed by atoms with van der Waals surface area (Å²) in [6, 6.07) is 1.68. The molecule has 4 heterocycles. The van der Waals surface area contributed by atoms with E-state index in [9.17, 15) is 18.1 Å². The number of sulfonamides is 1. The molecular weight excluding hydrogens is 399 g/mol. The van der Waals surface area contributed by atoms with Crippen molar-refractivity contribution in [1.82, 2.24) is 34.3 Å². The molecule has 1 N–H and O–H groups in total. The summed E-state index contributed by atoms with van der Waals surface area (Å²) in [7, 11) is -3.37. The molecule has 1 saturated heterocycles. The first kappa shape index (κ1) is 19.4. The number of halogens is 1. The third-order valence-corrected chi connectivity index (χ3v) is 7.37. The maximum atomic E-state index is 14.8. The number of hydrogen-bond acceptors (Lipinski definition) is 7. The van der Waals surface area contributed by atoms with Crippen molar-refractivity contribution in [3.8, 4) is 17.3 Å². The van der Waals surface area contributed by atoms with E-state index in [0.717, 1.165) is 0 Å². The van der Waals surface area contributed by atoms with Gasteiger partial charge < -0.3 is 0 Å². The SMILES string of the molecule is CCS(=O)(=O)N1CCC(C(F)C#N)(n2cc(-c3ncnc4[nH]ncc34)cn2)CC1. The lowest BCUT2D eigenvalue weighted by molar-refractivity contribution is 0.0746. The Kier molecular flexibility index (Phi) is 4.79. The molecule has 3 aromatic heterocycles. The number of fused-ring (bicyclic) bond motifs is 1. The van der Waals surface area contributed by atoms with E-state index in [4.69, 9.17) is 0 Å². The summed E-state index contributed by atoms with van der Waals surface area (Å²) in [4.78, 5) is 8.38. The molecular formula is C17H19FN8O2S. The number of H-pyrrole nitrogens is 1. The van der Waals surface area contributed by atoms with Crippen LogP contribution in [0, 0.1) is 11.3 Å². The van der Waals surface area contributed by atoms with Gasteiger partial charge in [0.15, 0.2) is 5.65 Å². The molecule has 3 aromatic rings. The van der Waals surface area contributed by atoms with Gasteiger partial charge in [-0.3, -0.25) is 9.78 Å². The second-order valence-corrected chi connectivity index (χ2v) is 9.18. The summed E-state index contributed by atoms with van der Waals surface area (Å²) in [6.07, 6.45) is 4.64. The van der Waals surface area contributed by atoms with Crippen LogP contribution in [0.25, 0.3) is 22.3 Å². The first-order valence-corrected chi connectivity index (χ1v) is 10.7. The molecule has 12 heteroatoms. The first-order chi connectivity index (χ1) is 13.9. The highest BCUT2D eigenvalue weighted by Crippen LogP contribution is 2.37. The van der Waals surface area contributed by atoms with E-state index in [-0.39, 0.29) is 31.7 Å². The average Bonchev–Trinajstić information content (AvgIpc) is 3.42. The lowest BCUT2D eigenvalue weighted by atomic mass is 9.84. The molecule has 152 valence electrons. The third-order valence-electron chi connectivity index (χ3n) is 5.49. The number of rotatable bonds is 5. The summed E-state index contributed by atoms with van der Waals surface area (Å²) < 4.78 is 41.9. The van der Waals surface area contributed by atoms with Crippen molar-refractivity contribution in [2.75, 3.05) is 18.8 Å². The van der Waals surface area contributed by atoms with Gasteiger partial charge in [0, 0.05) is 24.8 Å². The molecule has 29 heavy (non-hydrogen) atoms. The zero-order chi connectivity index (χ0) is 20.6. The Morgan fingerprint density at radius 2 is 2.10 bits per heavy atom. The molecule has 4 rings (SSSR count). The third kappa shape index (κ3) is 3.16. The second kappa shape index (κ2) is 7.16. The molecule has 1 atom stereocenters. The minimum Gasteiger partial charge on any atom is -0.262 e. The Morgan fingerprint density at radius 3 is 2.79 bits per heavy atom. The minimum atomic E-state index is -3.37. The van der Waals surface area contributed by atoms with Crippen LogP contribution in [0.1, 0.15) is 19.8 Å². The molecule has 10 nitrogen and oxygen atoms in total. The highest BCUT2D eigenvalue weighted by molar-refractivity contribution is 7.89. The van der Waals surface area contributed by atoms with Crippen LogP contribution in [0.3, 0.4) is 0 Å². The van der Waals surface area contributed by atoms with E-state index in [1.54, 1.807) is 31.6 Å². The number of nitrogens with zero attached hydrogens (tertiary/aromatic N) is 7. The van der Waals surface area contributed by atoms with Crippen molar-refractivity contribution in [3.05, 3.63) is 24.9 Å². The summed E-state index contributed by atoms with van der Waals surface area (Å²) in [5.74, 6) is -0.0162. The topological polar surface area (TPSA) is 133 Å².